The first-order chi connectivity index (χ1) is 14.4. The fourth-order valence-corrected chi connectivity index (χ4v) is 2.58. The highest BCUT2D eigenvalue weighted by Crippen LogP contribution is 2.05. The number of nitrogens with two attached hydrogens (primary N) is 1. The third-order valence-electron chi connectivity index (χ3n) is 4.31. The molecule has 11 heteroatoms. The minimum atomic E-state index is -1.35. The number of aromatic nitrogens is 1. The molecule has 0 saturated heterocycles. The van der Waals surface area contributed by atoms with Gasteiger partial charge in [-0.15, -0.1) is 12.4 Å². The van der Waals surface area contributed by atoms with Crippen LogP contribution >= 0.6 is 12.4 Å². The number of aliphatic hydroxyl groups excluding tert-OH is 2. The highest BCUT2D eigenvalue weighted by molar-refractivity contribution is 5.94. The fraction of sp³-hybridized carbons (Fsp3) is 0.300. The van der Waals surface area contributed by atoms with E-state index in [1.54, 1.807) is 48.8 Å². The molecule has 0 spiro atoms. The van der Waals surface area contributed by atoms with Gasteiger partial charge in [-0.1, -0.05) is 24.3 Å². The van der Waals surface area contributed by atoms with E-state index in [1.807, 2.05) is 0 Å². The van der Waals surface area contributed by atoms with Crippen LogP contribution in [-0.4, -0.2) is 58.1 Å². The van der Waals surface area contributed by atoms with Crippen molar-refractivity contribution in [2.75, 3.05) is 13.2 Å². The quantitative estimate of drug-likeness (QED) is 0.170. The summed E-state index contributed by atoms with van der Waals surface area (Å²) in [5.41, 5.74) is 7.65. The van der Waals surface area contributed by atoms with E-state index in [-0.39, 0.29) is 31.3 Å². The number of rotatable bonds is 11. The summed E-state index contributed by atoms with van der Waals surface area (Å²) in [5, 5.41) is 34.6. The van der Waals surface area contributed by atoms with Crippen molar-refractivity contribution in [3.05, 3.63) is 65.5 Å². The molecule has 1 aromatic carbocycles. The molecule has 0 aliphatic rings. The first-order valence-electron chi connectivity index (χ1n) is 9.29. The molecule has 0 fully saturated rings. The van der Waals surface area contributed by atoms with Gasteiger partial charge in [-0.05, 0) is 23.3 Å². The summed E-state index contributed by atoms with van der Waals surface area (Å²) < 4.78 is 0. The van der Waals surface area contributed by atoms with E-state index in [1.165, 1.54) is 0 Å². The third kappa shape index (κ3) is 8.69. The summed E-state index contributed by atoms with van der Waals surface area (Å²) in [5.74, 6) is -1.06. The Hall–Kier alpha value is -3.05. The van der Waals surface area contributed by atoms with Gasteiger partial charge in [-0.25, -0.2) is 0 Å². The summed E-state index contributed by atoms with van der Waals surface area (Å²) in [7, 11) is 0. The minimum Gasteiger partial charge on any atom is -0.394 e. The molecule has 168 valence electrons. The topological polar surface area (TPSA) is 173 Å². The van der Waals surface area contributed by atoms with Crippen LogP contribution < -0.4 is 21.7 Å². The van der Waals surface area contributed by atoms with E-state index in [2.05, 4.69) is 20.9 Å². The number of nitrogens with one attached hydrogen (secondary N) is 4. The standard InChI is InChI=1S/C20H26N6O4.ClH/c21-19(22)15-3-1-13(2-4-15)10-25-18(16(28)12-27)20(30)26-11-17(29)24-9-14-5-7-23-8-6-14;/h1-8,16,18,25,27-28H,9-12H2,(H3,21,22)(H,24,29)(H,26,30);1H. The molecule has 2 rings (SSSR count). The maximum absolute atomic E-state index is 12.4. The van der Waals surface area contributed by atoms with Gasteiger partial charge in [0.15, 0.2) is 0 Å². The van der Waals surface area contributed by atoms with Crippen LogP contribution in [0.5, 0.6) is 0 Å². The number of hydrogen-bond donors (Lipinski definition) is 7. The number of amides is 2. The number of halogens is 1. The van der Waals surface area contributed by atoms with Crippen LogP contribution in [-0.2, 0) is 22.7 Å². The Morgan fingerprint density at radius 3 is 2.23 bits per heavy atom. The SMILES string of the molecule is Cl.N=C(N)c1ccc(CNC(C(=O)NCC(=O)NCc2ccncc2)C(O)CO)cc1. The Kier molecular flexibility index (Phi) is 11.1. The van der Waals surface area contributed by atoms with Gasteiger partial charge < -0.3 is 26.6 Å². The Morgan fingerprint density at radius 1 is 1.03 bits per heavy atom. The largest absolute Gasteiger partial charge is 0.394 e. The van der Waals surface area contributed by atoms with Gasteiger partial charge in [0, 0.05) is 31.0 Å². The van der Waals surface area contributed by atoms with Gasteiger partial charge in [-0.2, -0.15) is 0 Å². The number of amidine groups is 1. The Balaban J connectivity index is 0.00000480. The van der Waals surface area contributed by atoms with Gasteiger partial charge in [0.1, 0.15) is 18.0 Å². The molecule has 0 aliphatic carbocycles. The second-order valence-electron chi connectivity index (χ2n) is 6.57. The molecule has 1 aromatic heterocycles. The van der Waals surface area contributed by atoms with E-state index >= 15 is 0 Å². The molecule has 0 bridgehead atoms. The van der Waals surface area contributed by atoms with Crippen molar-refractivity contribution in [3.8, 4) is 0 Å². The predicted molar refractivity (Wildman–Crippen MR) is 118 cm³/mol. The second-order valence-corrected chi connectivity index (χ2v) is 6.57. The van der Waals surface area contributed by atoms with Crippen LogP contribution in [0.2, 0.25) is 0 Å². The lowest BCUT2D eigenvalue weighted by atomic mass is 10.1. The number of aliphatic hydroxyl groups is 2. The van der Waals surface area contributed by atoms with Crippen LogP contribution in [0.1, 0.15) is 16.7 Å². The molecule has 0 saturated carbocycles. The predicted octanol–water partition coefficient (Wildman–Crippen LogP) is -0.969. The number of carbonyl (C=O) groups excluding carboxylic acids is 2. The lowest BCUT2D eigenvalue weighted by Gasteiger charge is -2.22. The molecule has 0 aliphatic heterocycles. The maximum atomic E-state index is 12.4. The first-order valence-corrected chi connectivity index (χ1v) is 9.29. The number of nitrogens with zero attached hydrogens (tertiary/aromatic N) is 1. The molecule has 8 N–H and O–H groups in total. The highest BCUT2D eigenvalue weighted by Gasteiger charge is 2.26. The van der Waals surface area contributed by atoms with E-state index in [9.17, 15) is 19.8 Å². The van der Waals surface area contributed by atoms with Crippen molar-refractivity contribution in [1.82, 2.24) is 20.9 Å². The van der Waals surface area contributed by atoms with Gasteiger partial charge in [-0.3, -0.25) is 25.3 Å². The fourth-order valence-electron chi connectivity index (χ4n) is 2.58. The lowest BCUT2D eigenvalue weighted by molar-refractivity contribution is -0.129. The first kappa shape index (κ1) is 26.0. The van der Waals surface area contributed by atoms with Crippen LogP contribution in [0, 0.1) is 5.41 Å². The van der Waals surface area contributed by atoms with Crippen LogP contribution in [0.4, 0.5) is 0 Å². The minimum absolute atomic E-state index is 0. The molecular weight excluding hydrogens is 424 g/mol. The normalized spacial score (nSPS) is 12.2. The molecule has 31 heavy (non-hydrogen) atoms. The summed E-state index contributed by atoms with van der Waals surface area (Å²) in [6, 6.07) is 9.22. The molecule has 2 amide bonds. The van der Waals surface area contributed by atoms with Crippen molar-refractivity contribution in [2.45, 2.75) is 25.2 Å². The Morgan fingerprint density at radius 2 is 1.65 bits per heavy atom. The molecule has 0 radical (unpaired) electrons. The van der Waals surface area contributed by atoms with Gasteiger partial charge in [0.25, 0.3) is 0 Å². The lowest BCUT2D eigenvalue weighted by Crippen LogP contribution is -2.53. The average molecular weight is 451 g/mol. The zero-order valence-corrected chi connectivity index (χ0v) is 17.6. The number of hydrogen-bond acceptors (Lipinski definition) is 7. The third-order valence-corrected chi connectivity index (χ3v) is 4.31. The molecule has 2 unspecified atom stereocenters. The Labute approximate surface area is 186 Å². The van der Waals surface area contributed by atoms with Gasteiger partial charge in [0.2, 0.25) is 11.8 Å². The molecule has 2 atom stereocenters. The van der Waals surface area contributed by atoms with E-state index in [0.717, 1.165) is 11.1 Å². The smallest absolute Gasteiger partial charge is 0.240 e. The summed E-state index contributed by atoms with van der Waals surface area (Å²) >= 11 is 0. The zero-order valence-electron chi connectivity index (χ0n) is 16.7. The van der Waals surface area contributed by atoms with E-state index in [4.69, 9.17) is 11.1 Å². The molecule has 1 heterocycles. The molecular formula is C20H27ClN6O4. The number of benzene rings is 1. The Bertz CT molecular complexity index is 851. The maximum Gasteiger partial charge on any atom is 0.240 e. The van der Waals surface area contributed by atoms with Crippen molar-refractivity contribution < 1.29 is 19.8 Å². The zero-order chi connectivity index (χ0) is 21.9. The average Bonchev–Trinajstić information content (AvgIpc) is 2.77. The van der Waals surface area contributed by atoms with E-state index < -0.39 is 30.6 Å². The van der Waals surface area contributed by atoms with Crippen molar-refractivity contribution in [3.63, 3.8) is 0 Å². The summed E-state index contributed by atoms with van der Waals surface area (Å²) in [4.78, 5) is 28.2. The number of nitrogen functional groups attached to an aromatic ring is 1. The molecule has 2 aromatic rings. The monoisotopic (exact) mass is 450 g/mol. The van der Waals surface area contributed by atoms with Crippen molar-refractivity contribution in [1.29, 1.82) is 5.41 Å². The number of pyridine rings is 1. The van der Waals surface area contributed by atoms with Crippen LogP contribution in [0.15, 0.2) is 48.8 Å². The van der Waals surface area contributed by atoms with Gasteiger partial charge >= 0.3 is 0 Å². The highest BCUT2D eigenvalue weighted by atomic mass is 35.5. The number of carbonyl (C=O) groups is 2. The summed E-state index contributed by atoms with van der Waals surface area (Å²) in [6.07, 6.45) is 1.88. The van der Waals surface area contributed by atoms with Crippen LogP contribution in [0.25, 0.3) is 0 Å². The van der Waals surface area contributed by atoms with Crippen molar-refractivity contribution in [2.24, 2.45) is 5.73 Å². The second kappa shape index (κ2) is 13.3. The van der Waals surface area contributed by atoms with Gasteiger partial charge in [0.05, 0.1) is 13.2 Å². The van der Waals surface area contributed by atoms with Crippen LogP contribution in [0.3, 0.4) is 0 Å². The van der Waals surface area contributed by atoms with Crippen molar-refractivity contribution >= 4 is 30.1 Å². The van der Waals surface area contributed by atoms with E-state index in [0.29, 0.717) is 12.1 Å². The molecule has 10 nitrogen and oxygen atoms in total. The summed E-state index contributed by atoms with van der Waals surface area (Å²) in [6.45, 7) is -0.369.